The summed E-state index contributed by atoms with van der Waals surface area (Å²) in [6, 6.07) is 19.0. The highest BCUT2D eigenvalue weighted by Gasteiger charge is 2.21. The molecule has 114 heavy (non-hydrogen) atoms. The standard InChI is InChI=1S/C11H10FNO2.4C10H8ClFN2O.C10H9FN2O2.C7H9FN2O.C5H8O3.Cl3OP/c1-6-10(14)3-7-4-11(15-2)8(12)5-9(7)13-6;2*1-5-10(11)14-7-3-6(12)9(15-2)4-8(7)13-5;2*1-5-10(11)14-8-4-9(15-2)6(12)3-7(8)13-5;1-5-10(14)13-7-3-6(11)9(15-2)4-8(7)12-5;1-11-7-3-6(10)5(9)2-4(7)8;1-3-8-5(7)4(2)6;1-5(2,3)4/h4-5H,3H2,1-2H3;4*3-4H,1-2H3;3-4H,1-2H3,(H,13,14);2-3H,9-10H2,1H3;3H2,1-2H3;. The number of benzene rings is 7. The number of carbonyl (C=O) groups excluding carboxylic acids is 3. The molecule has 13 rings (SSSR count). The second-order valence-electron chi connectivity index (χ2n) is 22.7. The maximum Gasteiger partial charge on any atom is 0.374 e. The summed E-state index contributed by atoms with van der Waals surface area (Å²) in [5.74, 6) is -3.73. The van der Waals surface area contributed by atoms with Gasteiger partial charge in [-0.3, -0.25) is 18.9 Å². The number of carbonyl (C=O) groups is 3. The summed E-state index contributed by atoms with van der Waals surface area (Å²) in [7, 11) is 9.74. The molecule has 0 fully saturated rings. The Morgan fingerprint density at radius 2 is 0.693 bits per heavy atom. The second kappa shape index (κ2) is 43.1. The molecule has 0 saturated heterocycles. The highest BCUT2D eigenvalue weighted by Crippen LogP contribution is 2.61. The minimum atomic E-state index is -3.22. The molecule has 6 heterocycles. The van der Waals surface area contributed by atoms with Crippen LogP contribution in [-0.2, 0) is 30.1 Å². The number of H-pyrrole nitrogens is 1. The zero-order valence-electron chi connectivity index (χ0n) is 62.7. The van der Waals surface area contributed by atoms with E-state index in [1.807, 2.05) is 0 Å². The fourth-order valence-corrected chi connectivity index (χ4v) is 9.50. The maximum atomic E-state index is 13.3. The van der Waals surface area contributed by atoms with Crippen LogP contribution in [0.25, 0.3) is 55.2 Å². The van der Waals surface area contributed by atoms with Crippen LogP contribution >= 0.6 is 85.3 Å². The number of nitrogens with zero attached hydrogens (tertiary/aromatic N) is 10. The zero-order chi connectivity index (χ0) is 85.5. The van der Waals surface area contributed by atoms with Crippen molar-refractivity contribution in [3.05, 3.63) is 191 Å². The molecule has 0 amide bonds. The van der Waals surface area contributed by atoms with Crippen molar-refractivity contribution in [2.45, 2.75) is 61.8 Å². The van der Waals surface area contributed by atoms with E-state index in [0.717, 1.165) is 6.07 Å². The Hall–Kier alpha value is -10.5. The Morgan fingerprint density at radius 3 is 1.03 bits per heavy atom. The fraction of sp³-hybridized carbons (Fsp3) is 0.233. The number of nitrogens with one attached hydrogen (secondary N) is 1. The van der Waals surface area contributed by atoms with E-state index in [1.165, 1.54) is 136 Å². The molecule has 5 aromatic heterocycles. The van der Waals surface area contributed by atoms with Gasteiger partial charge in [-0.15, -0.1) is 0 Å². The largest absolute Gasteiger partial charge is 0.494 e. The number of rotatable bonds is 9. The van der Waals surface area contributed by atoms with Gasteiger partial charge in [0, 0.05) is 92.2 Å². The van der Waals surface area contributed by atoms with Crippen LogP contribution in [0.1, 0.15) is 54.8 Å². The van der Waals surface area contributed by atoms with Crippen LogP contribution in [0.4, 0.5) is 47.8 Å². The molecule has 0 aliphatic carbocycles. The molecular weight excluding hydrogens is 1680 g/mol. The lowest BCUT2D eigenvalue weighted by molar-refractivity contribution is -0.152. The Morgan fingerprint density at radius 1 is 0.421 bits per heavy atom. The van der Waals surface area contributed by atoms with E-state index in [0.29, 0.717) is 117 Å². The monoisotopic (exact) mass is 1740 g/mol. The number of aliphatic imine (C=N–C) groups is 1. The number of hydrogen-bond acceptors (Lipinski definition) is 25. The van der Waals surface area contributed by atoms with Crippen LogP contribution in [0.2, 0.25) is 20.6 Å². The van der Waals surface area contributed by atoms with Gasteiger partial charge in [-0.25, -0.2) is 85.4 Å². The van der Waals surface area contributed by atoms with Crippen molar-refractivity contribution < 1.29 is 87.6 Å². The molecular formula is C73H68Cl7F7N13O13P. The third-order valence-electron chi connectivity index (χ3n) is 14.7. The van der Waals surface area contributed by atoms with Gasteiger partial charge in [-0.2, -0.15) is 0 Å². The Bertz CT molecular complexity index is 5320. The minimum Gasteiger partial charge on any atom is -0.494 e. The first kappa shape index (κ1) is 94.1. The van der Waals surface area contributed by atoms with Crippen molar-refractivity contribution in [3.63, 3.8) is 0 Å². The lowest BCUT2D eigenvalue weighted by Crippen LogP contribution is -2.17. The molecule has 7 aromatic carbocycles. The minimum absolute atomic E-state index is 0.0313. The van der Waals surface area contributed by atoms with Gasteiger partial charge in [-0.1, -0.05) is 46.4 Å². The molecule has 0 saturated carbocycles. The van der Waals surface area contributed by atoms with E-state index in [9.17, 15) is 54.5 Å². The molecule has 0 bridgehead atoms. The van der Waals surface area contributed by atoms with Crippen molar-refractivity contribution in [3.8, 4) is 40.2 Å². The number of esters is 1. The lowest BCUT2D eigenvalue weighted by Gasteiger charge is -2.13. The first-order valence-electron chi connectivity index (χ1n) is 32.2. The van der Waals surface area contributed by atoms with E-state index in [4.69, 9.17) is 86.3 Å². The molecule has 0 atom stereocenters. The van der Waals surface area contributed by atoms with Gasteiger partial charge in [0.2, 0.25) is 5.78 Å². The van der Waals surface area contributed by atoms with Crippen molar-refractivity contribution in [2.24, 2.45) is 4.99 Å². The second-order valence-corrected chi connectivity index (χ2v) is 30.7. The molecule has 1 aliphatic heterocycles. The Labute approximate surface area is 679 Å². The number of ketones is 2. The van der Waals surface area contributed by atoms with Crippen molar-refractivity contribution in [2.75, 3.05) is 67.8 Å². The summed E-state index contributed by atoms with van der Waals surface area (Å²) in [5, 5.41) is -2.02. The van der Waals surface area contributed by atoms with Crippen molar-refractivity contribution >= 4 is 181 Å². The number of ether oxygens (including phenoxy) is 8. The van der Waals surface area contributed by atoms with Gasteiger partial charge in [0.25, 0.3) is 5.56 Å². The van der Waals surface area contributed by atoms with E-state index >= 15 is 0 Å². The number of methoxy groups -OCH3 is 7. The summed E-state index contributed by atoms with van der Waals surface area (Å²) in [4.78, 5) is 86.2. The van der Waals surface area contributed by atoms with E-state index in [2.05, 4.69) is 98.0 Å². The molecule has 12 aromatic rings. The van der Waals surface area contributed by atoms with E-state index in [-0.39, 0.29) is 80.6 Å². The van der Waals surface area contributed by atoms with Gasteiger partial charge in [-0.05, 0) is 93.8 Å². The quantitative estimate of drug-likeness (QED) is 0.0397. The van der Waals surface area contributed by atoms with Crippen LogP contribution < -0.4 is 50.2 Å². The van der Waals surface area contributed by atoms with Gasteiger partial charge in [0.1, 0.15) is 5.69 Å². The third kappa shape index (κ3) is 27.1. The molecule has 1 aliphatic rings. The number of aromatic nitrogens is 10. The van der Waals surface area contributed by atoms with Crippen LogP contribution in [0.5, 0.6) is 40.2 Å². The van der Waals surface area contributed by atoms with E-state index in [1.54, 1.807) is 48.5 Å². The molecule has 0 spiro atoms. The normalized spacial score (nSPS) is 11.0. The van der Waals surface area contributed by atoms with Crippen LogP contribution in [0.15, 0.2) is 94.7 Å². The average molecular weight is 1750 g/mol. The fourth-order valence-electron chi connectivity index (χ4n) is 8.97. The lowest BCUT2D eigenvalue weighted by atomic mass is 10.0. The number of nitrogen functional groups attached to an aromatic ring is 2. The van der Waals surface area contributed by atoms with Gasteiger partial charge in [0.15, 0.2) is 107 Å². The van der Waals surface area contributed by atoms with Gasteiger partial charge >= 0.3 is 11.2 Å². The zero-order valence-corrected chi connectivity index (χ0v) is 68.9. The van der Waals surface area contributed by atoms with E-state index < -0.39 is 57.7 Å². The molecule has 606 valence electrons. The number of aryl methyl sites for hydroxylation is 5. The maximum absolute atomic E-state index is 13.3. The number of aromatic amines is 1. The molecule has 0 radical (unpaired) electrons. The summed E-state index contributed by atoms with van der Waals surface area (Å²) in [5.41, 5.74) is 20.1. The third-order valence-corrected chi connectivity index (χ3v) is 16.1. The summed E-state index contributed by atoms with van der Waals surface area (Å²) >= 11 is 37.1. The average Bonchev–Trinajstić information content (AvgIpc) is 0.837. The number of anilines is 2. The van der Waals surface area contributed by atoms with Crippen molar-refractivity contribution in [1.82, 2.24) is 49.8 Å². The predicted octanol–water partition coefficient (Wildman–Crippen LogP) is 18.3. The number of Topliss-reactive ketones (excluding diaryl/α,β-unsaturated/α-hetero) is 2. The van der Waals surface area contributed by atoms with Gasteiger partial charge < -0.3 is 54.3 Å². The SMILES string of the molecule is CCOC(=O)C(C)=O.COc1cc(N)c(N)cc1F.COc1cc2c(cc1F)N=C(C)C(=O)C2.COc1cc2nc(C)c(=O)[nH]c2cc1F.COc1cc2nc(C)c(Cl)nc2cc1F.COc1cc2nc(C)c(Cl)nc2cc1F.COc1cc2nc(Cl)c(C)nc2cc1F.COc1cc2nc(Cl)c(C)nc2cc1F.O=P(Cl)(Cl)Cl. The summed E-state index contributed by atoms with van der Waals surface area (Å²) < 4.78 is 140. The van der Waals surface area contributed by atoms with Crippen molar-refractivity contribution in [1.29, 1.82) is 0 Å². The highest BCUT2D eigenvalue weighted by molar-refractivity contribution is 8.24. The number of hydrogen-bond donors (Lipinski definition) is 3. The number of fused-ring (bicyclic) bond motifs is 6. The highest BCUT2D eigenvalue weighted by atomic mass is 36.0. The van der Waals surface area contributed by atoms with Crippen LogP contribution in [0, 0.1) is 75.3 Å². The van der Waals surface area contributed by atoms with Gasteiger partial charge in [0.05, 0.1) is 157 Å². The smallest absolute Gasteiger partial charge is 0.374 e. The van der Waals surface area contributed by atoms with Crippen LogP contribution in [0.3, 0.4) is 0 Å². The Balaban J connectivity index is 0.000000232. The topological polar surface area (TPSA) is 355 Å². The summed E-state index contributed by atoms with van der Waals surface area (Å²) in [6.45, 7) is 13.2. The van der Waals surface area contributed by atoms with Crippen LogP contribution in [-0.4, -0.2) is 129 Å². The number of nitrogens with two attached hydrogens (primary N) is 2. The first-order valence-corrected chi connectivity index (χ1v) is 38.1. The Kier molecular flexibility index (Phi) is 35.6. The molecule has 0 unspecified atom stereocenters. The summed E-state index contributed by atoms with van der Waals surface area (Å²) in [6.07, 6.45) is 0.265. The molecule has 41 heteroatoms. The molecule has 5 N–H and O–H groups in total. The first-order chi connectivity index (χ1) is 53.5. The molecule has 26 nitrogen and oxygen atoms in total. The predicted molar refractivity (Wildman–Crippen MR) is 425 cm³/mol. The number of halogens is 14.